The van der Waals surface area contributed by atoms with E-state index in [2.05, 4.69) is 9.97 Å². The van der Waals surface area contributed by atoms with Gasteiger partial charge in [-0.3, -0.25) is 4.79 Å². The number of aromatic nitrogens is 2. The number of primary amides is 1. The van der Waals surface area contributed by atoms with Gasteiger partial charge >= 0.3 is 6.18 Å². The molecule has 1 saturated heterocycles. The third-order valence-corrected chi connectivity index (χ3v) is 5.25. The lowest BCUT2D eigenvalue weighted by Crippen LogP contribution is -2.37. The molecule has 1 aliphatic rings. The summed E-state index contributed by atoms with van der Waals surface area (Å²) in [6.45, 7) is 3.63. The van der Waals surface area contributed by atoms with Crippen molar-refractivity contribution < 1.29 is 18.0 Å². The predicted molar refractivity (Wildman–Crippen MR) is 89.7 cm³/mol. The maximum atomic E-state index is 13.5. The first kappa shape index (κ1) is 18.3. The summed E-state index contributed by atoms with van der Waals surface area (Å²) in [6, 6.07) is 1.62. The number of nitriles is 1. The van der Waals surface area contributed by atoms with Crippen LogP contribution < -0.4 is 10.6 Å². The van der Waals surface area contributed by atoms with E-state index in [-0.39, 0.29) is 34.8 Å². The van der Waals surface area contributed by atoms with Crippen LogP contribution in [-0.4, -0.2) is 29.0 Å². The van der Waals surface area contributed by atoms with Crippen molar-refractivity contribution in [2.45, 2.75) is 26.4 Å². The molecule has 3 N–H and O–H groups in total. The van der Waals surface area contributed by atoms with Gasteiger partial charge in [0, 0.05) is 18.8 Å². The number of aromatic amines is 1. The lowest BCUT2D eigenvalue weighted by atomic mass is 9.89. The summed E-state index contributed by atoms with van der Waals surface area (Å²) in [5.41, 5.74) is 3.31. The van der Waals surface area contributed by atoms with E-state index >= 15 is 0 Å². The van der Waals surface area contributed by atoms with Crippen molar-refractivity contribution >= 4 is 34.2 Å². The molecule has 0 aromatic carbocycles. The Morgan fingerprint density at radius 1 is 1.50 bits per heavy atom. The van der Waals surface area contributed by atoms with Gasteiger partial charge in [0.15, 0.2) is 5.69 Å². The molecule has 2 aromatic rings. The van der Waals surface area contributed by atoms with E-state index in [1.807, 2.05) is 0 Å². The molecule has 3 rings (SSSR count). The number of hydrogen-bond acceptors (Lipinski definition) is 4. The highest BCUT2D eigenvalue weighted by Crippen LogP contribution is 2.43. The van der Waals surface area contributed by atoms with Crippen molar-refractivity contribution in [3.63, 3.8) is 0 Å². The molecule has 3 heterocycles. The minimum absolute atomic E-state index is 0.0461. The van der Waals surface area contributed by atoms with Gasteiger partial charge in [-0.15, -0.1) is 0 Å². The summed E-state index contributed by atoms with van der Waals surface area (Å²) < 4.78 is 40.5. The molecule has 6 nitrogen and oxygen atoms in total. The Morgan fingerprint density at radius 2 is 2.15 bits per heavy atom. The summed E-state index contributed by atoms with van der Waals surface area (Å²) in [6.07, 6.45) is -4.46. The number of carbonyl (C=O) groups excluding carboxylic acids is 1. The van der Waals surface area contributed by atoms with Crippen molar-refractivity contribution in [2.75, 3.05) is 18.0 Å². The second-order valence-electron chi connectivity index (χ2n) is 6.68. The molecule has 138 valence electrons. The molecule has 0 aliphatic carbocycles. The highest BCUT2D eigenvalue weighted by molar-refractivity contribution is 6.36. The number of nitrogens with zero attached hydrogens (tertiary/aromatic N) is 3. The Labute approximate surface area is 151 Å². The number of rotatable bonds is 2. The maximum Gasteiger partial charge on any atom is 0.434 e. The second kappa shape index (κ2) is 5.77. The van der Waals surface area contributed by atoms with E-state index in [0.717, 1.165) is 0 Å². The fraction of sp³-hybridized carbons (Fsp3) is 0.438. The average molecular weight is 386 g/mol. The van der Waals surface area contributed by atoms with Crippen LogP contribution in [0.15, 0.2) is 0 Å². The number of nitrogens with two attached hydrogens (primary N) is 1. The van der Waals surface area contributed by atoms with Crippen LogP contribution in [0.25, 0.3) is 11.0 Å². The van der Waals surface area contributed by atoms with E-state index in [1.165, 1.54) is 0 Å². The Hall–Kier alpha value is -2.47. The Bertz CT molecular complexity index is 962. The van der Waals surface area contributed by atoms with Gasteiger partial charge < -0.3 is 15.6 Å². The normalized spacial score (nSPS) is 20.6. The van der Waals surface area contributed by atoms with Gasteiger partial charge in [0.1, 0.15) is 17.1 Å². The van der Waals surface area contributed by atoms with Gasteiger partial charge in [-0.1, -0.05) is 11.6 Å². The summed E-state index contributed by atoms with van der Waals surface area (Å²) in [7, 11) is 0. The van der Waals surface area contributed by atoms with Gasteiger partial charge in [0.2, 0.25) is 5.91 Å². The highest BCUT2D eigenvalue weighted by Gasteiger charge is 2.43. The Kier molecular flexibility index (Phi) is 4.07. The number of H-pyrrole nitrogens is 1. The van der Waals surface area contributed by atoms with Crippen LogP contribution in [0.4, 0.5) is 18.9 Å². The lowest BCUT2D eigenvalue weighted by molar-refractivity contribution is -0.141. The van der Waals surface area contributed by atoms with Gasteiger partial charge in [-0.2, -0.15) is 18.4 Å². The standard InChI is InChI=1S/C16H15ClF3N5O/c1-7-9(17)10-11(23-7)12(8(5-21)13(24-10)16(18,19)20)25-4-3-15(2,6-25)14(22)26/h23H,3-4,6H2,1-2H3,(H2,22,26)/t15-/m0/s1. The Morgan fingerprint density at radius 3 is 2.65 bits per heavy atom. The third kappa shape index (κ3) is 2.65. The first-order chi connectivity index (χ1) is 12.0. The SMILES string of the molecule is Cc1[nH]c2c(N3CC[C@](C)(C(N)=O)C3)c(C#N)c(C(F)(F)F)nc2c1Cl. The van der Waals surface area contributed by atoms with Crippen molar-refractivity contribution in [1.29, 1.82) is 5.26 Å². The number of carbonyl (C=O) groups is 1. The molecule has 0 unspecified atom stereocenters. The summed E-state index contributed by atoms with van der Waals surface area (Å²) >= 11 is 6.11. The molecule has 1 aliphatic heterocycles. The molecule has 0 spiro atoms. The summed E-state index contributed by atoms with van der Waals surface area (Å²) in [5.74, 6) is -0.541. The topological polar surface area (TPSA) is 98.8 Å². The minimum atomic E-state index is -4.82. The fourth-order valence-corrected chi connectivity index (χ4v) is 3.43. The molecular weight excluding hydrogens is 371 g/mol. The van der Waals surface area contributed by atoms with Gasteiger partial charge in [0.25, 0.3) is 0 Å². The highest BCUT2D eigenvalue weighted by atomic mass is 35.5. The van der Waals surface area contributed by atoms with Crippen molar-refractivity contribution in [3.8, 4) is 6.07 Å². The van der Waals surface area contributed by atoms with Crippen LogP contribution in [-0.2, 0) is 11.0 Å². The number of pyridine rings is 1. The lowest BCUT2D eigenvalue weighted by Gasteiger charge is -2.25. The number of alkyl halides is 3. The number of nitrogens with one attached hydrogen (secondary N) is 1. The predicted octanol–water partition coefficient (Wildman–Crippen LogP) is 3.12. The zero-order chi connectivity index (χ0) is 19.4. The summed E-state index contributed by atoms with van der Waals surface area (Å²) in [4.78, 5) is 19.8. The molecule has 0 bridgehead atoms. The van der Waals surface area contributed by atoms with Gasteiger partial charge in [-0.25, -0.2) is 4.98 Å². The van der Waals surface area contributed by atoms with Crippen LogP contribution in [0.2, 0.25) is 5.02 Å². The second-order valence-corrected chi connectivity index (χ2v) is 7.06. The Balaban J connectivity index is 2.32. The first-order valence-electron chi connectivity index (χ1n) is 7.73. The maximum absolute atomic E-state index is 13.5. The van der Waals surface area contributed by atoms with Crippen LogP contribution in [0.1, 0.15) is 30.3 Å². The first-order valence-corrected chi connectivity index (χ1v) is 8.11. The minimum Gasteiger partial charge on any atom is -0.369 e. The molecule has 1 amide bonds. The van der Waals surface area contributed by atoms with Crippen LogP contribution in [0, 0.1) is 23.7 Å². The van der Waals surface area contributed by atoms with E-state index in [9.17, 15) is 23.2 Å². The molecule has 1 fully saturated rings. The number of aryl methyl sites for hydroxylation is 1. The van der Waals surface area contributed by atoms with E-state index < -0.39 is 28.8 Å². The molecular formula is C16H15ClF3N5O. The van der Waals surface area contributed by atoms with E-state index in [1.54, 1.807) is 24.8 Å². The van der Waals surface area contributed by atoms with E-state index in [4.69, 9.17) is 17.3 Å². The fourth-order valence-electron chi connectivity index (χ4n) is 3.25. The van der Waals surface area contributed by atoms with Gasteiger partial charge in [0.05, 0.1) is 21.6 Å². The van der Waals surface area contributed by atoms with Crippen LogP contribution in [0.3, 0.4) is 0 Å². The molecule has 10 heteroatoms. The molecule has 0 radical (unpaired) electrons. The van der Waals surface area contributed by atoms with Crippen molar-refractivity contribution in [1.82, 2.24) is 9.97 Å². The van der Waals surface area contributed by atoms with Crippen molar-refractivity contribution in [3.05, 3.63) is 22.0 Å². The number of amides is 1. The number of fused-ring (bicyclic) bond motifs is 1. The monoisotopic (exact) mass is 385 g/mol. The molecule has 1 atom stereocenters. The third-order valence-electron chi connectivity index (χ3n) is 4.79. The molecule has 26 heavy (non-hydrogen) atoms. The quantitative estimate of drug-likeness (QED) is 0.829. The van der Waals surface area contributed by atoms with Crippen LogP contribution in [0.5, 0.6) is 0 Å². The smallest absolute Gasteiger partial charge is 0.369 e. The zero-order valence-electron chi connectivity index (χ0n) is 14.0. The average Bonchev–Trinajstić information content (AvgIpc) is 3.07. The zero-order valence-corrected chi connectivity index (χ0v) is 14.7. The molecule has 0 saturated carbocycles. The van der Waals surface area contributed by atoms with Crippen LogP contribution >= 0.6 is 11.6 Å². The molecule has 2 aromatic heterocycles. The summed E-state index contributed by atoms with van der Waals surface area (Å²) in [5, 5.41) is 9.51. The number of hydrogen-bond donors (Lipinski definition) is 2. The van der Waals surface area contributed by atoms with Crippen molar-refractivity contribution in [2.24, 2.45) is 11.1 Å². The van der Waals surface area contributed by atoms with Gasteiger partial charge in [-0.05, 0) is 20.3 Å². The largest absolute Gasteiger partial charge is 0.434 e. The number of halogens is 4. The number of anilines is 1. The van der Waals surface area contributed by atoms with E-state index in [0.29, 0.717) is 12.1 Å².